The zero-order chi connectivity index (χ0) is 22.5. The van der Waals surface area contributed by atoms with E-state index in [4.69, 9.17) is 4.42 Å². The first-order chi connectivity index (χ1) is 15.5. The average molecular weight is 439 g/mol. The van der Waals surface area contributed by atoms with Gasteiger partial charge in [0.1, 0.15) is 17.4 Å². The molecule has 2 aromatic carbocycles. The molecule has 8 heteroatoms. The van der Waals surface area contributed by atoms with Crippen molar-refractivity contribution >= 4 is 17.5 Å². The van der Waals surface area contributed by atoms with Crippen molar-refractivity contribution in [1.29, 1.82) is 0 Å². The van der Waals surface area contributed by atoms with Crippen LogP contribution >= 0.6 is 0 Å². The SMILES string of the molecule is O=C(CN(Cc1ccc(C(=O)NC2CC2)cc1)Cc1ccco1)Nc1ccc(F)cc1F. The molecule has 4 rings (SSSR count). The molecule has 0 aliphatic heterocycles. The Morgan fingerprint density at radius 2 is 1.81 bits per heavy atom. The van der Waals surface area contributed by atoms with Gasteiger partial charge in [-0.1, -0.05) is 12.1 Å². The highest BCUT2D eigenvalue weighted by molar-refractivity contribution is 5.94. The van der Waals surface area contributed by atoms with Gasteiger partial charge in [-0.05, 0) is 54.8 Å². The monoisotopic (exact) mass is 439 g/mol. The molecule has 0 unspecified atom stereocenters. The molecule has 166 valence electrons. The molecule has 32 heavy (non-hydrogen) atoms. The zero-order valence-electron chi connectivity index (χ0n) is 17.3. The van der Waals surface area contributed by atoms with Crippen molar-refractivity contribution in [1.82, 2.24) is 10.2 Å². The molecule has 1 saturated carbocycles. The van der Waals surface area contributed by atoms with Crippen LogP contribution in [0.25, 0.3) is 0 Å². The number of carbonyl (C=O) groups excluding carboxylic acids is 2. The van der Waals surface area contributed by atoms with E-state index in [2.05, 4.69) is 10.6 Å². The summed E-state index contributed by atoms with van der Waals surface area (Å²) in [7, 11) is 0. The van der Waals surface area contributed by atoms with Gasteiger partial charge in [0.05, 0.1) is 25.0 Å². The third kappa shape index (κ3) is 6.01. The molecule has 0 bridgehead atoms. The van der Waals surface area contributed by atoms with E-state index >= 15 is 0 Å². The molecule has 1 heterocycles. The van der Waals surface area contributed by atoms with Gasteiger partial charge in [-0.3, -0.25) is 14.5 Å². The largest absolute Gasteiger partial charge is 0.468 e. The summed E-state index contributed by atoms with van der Waals surface area (Å²) in [6, 6.07) is 14.0. The van der Waals surface area contributed by atoms with Gasteiger partial charge in [-0.2, -0.15) is 0 Å². The van der Waals surface area contributed by atoms with Gasteiger partial charge in [0.25, 0.3) is 5.91 Å². The van der Waals surface area contributed by atoms with Gasteiger partial charge in [0, 0.05) is 24.2 Å². The number of anilines is 1. The number of benzene rings is 2. The van der Waals surface area contributed by atoms with Gasteiger partial charge in [-0.25, -0.2) is 8.78 Å². The Morgan fingerprint density at radius 1 is 1.03 bits per heavy atom. The van der Waals surface area contributed by atoms with Gasteiger partial charge in [0.2, 0.25) is 5.91 Å². The molecule has 2 N–H and O–H groups in total. The van der Waals surface area contributed by atoms with Crippen molar-refractivity contribution in [3.63, 3.8) is 0 Å². The Hall–Kier alpha value is -3.52. The van der Waals surface area contributed by atoms with E-state index in [-0.39, 0.29) is 24.2 Å². The Labute approximate surface area is 184 Å². The highest BCUT2D eigenvalue weighted by Crippen LogP contribution is 2.20. The highest BCUT2D eigenvalue weighted by Gasteiger charge is 2.23. The number of carbonyl (C=O) groups is 2. The molecule has 0 saturated heterocycles. The highest BCUT2D eigenvalue weighted by atomic mass is 19.1. The molecule has 0 radical (unpaired) electrons. The second-order valence-electron chi connectivity index (χ2n) is 7.84. The topological polar surface area (TPSA) is 74.6 Å². The Kier molecular flexibility index (Phi) is 6.61. The number of halogens is 2. The summed E-state index contributed by atoms with van der Waals surface area (Å²) in [5, 5.41) is 5.42. The van der Waals surface area contributed by atoms with E-state index < -0.39 is 17.5 Å². The minimum atomic E-state index is -0.837. The van der Waals surface area contributed by atoms with Gasteiger partial charge in [0.15, 0.2) is 0 Å². The predicted molar refractivity (Wildman–Crippen MR) is 115 cm³/mol. The first-order valence-electron chi connectivity index (χ1n) is 10.4. The number of amides is 2. The normalized spacial score (nSPS) is 13.2. The maximum absolute atomic E-state index is 13.9. The number of rotatable bonds is 9. The smallest absolute Gasteiger partial charge is 0.251 e. The van der Waals surface area contributed by atoms with E-state index in [0.29, 0.717) is 24.4 Å². The predicted octanol–water partition coefficient (Wildman–Crippen LogP) is 4.09. The molecule has 3 aromatic rings. The van der Waals surface area contributed by atoms with E-state index in [9.17, 15) is 18.4 Å². The first-order valence-corrected chi connectivity index (χ1v) is 10.4. The standard InChI is InChI=1S/C24H23F2N3O3/c25-18-7-10-22(21(26)12-18)28-23(30)15-29(14-20-2-1-11-32-20)13-16-3-5-17(6-4-16)24(31)27-19-8-9-19/h1-7,10-12,19H,8-9,13-15H2,(H,27,31)(H,28,30). The minimum absolute atomic E-state index is 0.0402. The van der Waals surface area contributed by atoms with E-state index in [0.717, 1.165) is 30.5 Å². The van der Waals surface area contributed by atoms with Crippen molar-refractivity contribution in [3.8, 4) is 0 Å². The van der Waals surface area contributed by atoms with Crippen LogP contribution in [0.1, 0.15) is 34.5 Å². The van der Waals surface area contributed by atoms with E-state index in [1.54, 1.807) is 30.5 Å². The number of hydrogen-bond donors (Lipinski definition) is 2. The van der Waals surface area contributed by atoms with E-state index in [1.165, 1.54) is 6.07 Å². The molecule has 2 amide bonds. The van der Waals surface area contributed by atoms with Gasteiger partial charge in [-0.15, -0.1) is 0 Å². The molecule has 1 aliphatic carbocycles. The summed E-state index contributed by atoms with van der Waals surface area (Å²) in [6.07, 6.45) is 3.60. The molecule has 1 aliphatic rings. The quantitative estimate of drug-likeness (QED) is 0.527. The summed E-state index contributed by atoms with van der Waals surface area (Å²) in [5.41, 5.74) is 1.41. The van der Waals surface area contributed by atoms with Gasteiger partial charge >= 0.3 is 0 Å². The summed E-state index contributed by atoms with van der Waals surface area (Å²) in [5.74, 6) is -1.41. The Bertz CT molecular complexity index is 1080. The summed E-state index contributed by atoms with van der Waals surface area (Å²) < 4.78 is 32.4. The maximum atomic E-state index is 13.9. The Morgan fingerprint density at radius 3 is 2.47 bits per heavy atom. The minimum Gasteiger partial charge on any atom is -0.468 e. The van der Waals surface area contributed by atoms with Gasteiger partial charge < -0.3 is 15.1 Å². The lowest BCUT2D eigenvalue weighted by Crippen LogP contribution is -2.32. The average Bonchev–Trinajstić information content (AvgIpc) is 3.42. The van der Waals surface area contributed by atoms with E-state index in [1.807, 2.05) is 17.0 Å². The fraction of sp³-hybridized carbons (Fsp3) is 0.250. The summed E-state index contributed by atoms with van der Waals surface area (Å²) >= 11 is 0. The number of nitrogens with zero attached hydrogens (tertiary/aromatic N) is 1. The fourth-order valence-corrected chi connectivity index (χ4v) is 3.29. The molecule has 0 spiro atoms. The van der Waals surface area contributed by atoms with Crippen LogP contribution in [0.5, 0.6) is 0 Å². The molecule has 0 atom stereocenters. The van der Waals surface area contributed by atoms with Crippen LogP contribution in [0, 0.1) is 11.6 Å². The van der Waals surface area contributed by atoms with Crippen LogP contribution in [0.2, 0.25) is 0 Å². The summed E-state index contributed by atoms with van der Waals surface area (Å²) in [4.78, 5) is 26.5. The lowest BCUT2D eigenvalue weighted by molar-refractivity contribution is -0.117. The van der Waals surface area contributed by atoms with Crippen molar-refractivity contribution < 1.29 is 22.8 Å². The van der Waals surface area contributed by atoms with Crippen LogP contribution in [0.3, 0.4) is 0 Å². The lowest BCUT2D eigenvalue weighted by atomic mass is 10.1. The first kappa shape index (κ1) is 21.7. The second-order valence-corrected chi connectivity index (χ2v) is 7.84. The second kappa shape index (κ2) is 9.74. The molecule has 1 aromatic heterocycles. The van der Waals surface area contributed by atoms with Crippen LogP contribution in [-0.4, -0.2) is 29.3 Å². The van der Waals surface area contributed by atoms with Crippen LogP contribution in [0.4, 0.5) is 14.5 Å². The number of nitrogens with one attached hydrogen (secondary N) is 2. The number of furan rings is 1. The molecular formula is C24H23F2N3O3. The van der Waals surface area contributed by atoms with Crippen molar-refractivity contribution in [2.24, 2.45) is 0 Å². The third-order valence-corrected chi connectivity index (χ3v) is 5.07. The van der Waals surface area contributed by atoms with Crippen LogP contribution in [-0.2, 0) is 17.9 Å². The van der Waals surface area contributed by atoms with Crippen molar-refractivity contribution in [2.45, 2.75) is 32.0 Å². The van der Waals surface area contributed by atoms with Crippen LogP contribution < -0.4 is 10.6 Å². The molecule has 6 nitrogen and oxygen atoms in total. The summed E-state index contributed by atoms with van der Waals surface area (Å²) in [6.45, 7) is 0.724. The maximum Gasteiger partial charge on any atom is 0.251 e. The zero-order valence-corrected chi connectivity index (χ0v) is 17.3. The molecule has 1 fully saturated rings. The molecular weight excluding hydrogens is 416 g/mol. The van der Waals surface area contributed by atoms with Crippen molar-refractivity contribution in [3.05, 3.63) is 89.4 Å². The van der Waals surface area contributed by atoms with Crippen LogP contribution in [0.15, 0.2) is 65.3 Å². The Balaban J connectivity index is 1.41. The fourth-order valence-electron chi connectivity index (χ4n) is 3.29. The third-order valence-electron chi connectivity index (χ3n) is 5.07. The van der Waals surface area contributed by atoms with Crippen molar-refractivity contribution in [2.75, 3.05) is 11.9 Å². The number of hydrogen-bond acceptors (Lipinski definition) is 4. The lowest BCUT2D eigenvalue weighted by Gasteiger charge is -2.21.